The van der Waals surface area contributed by atoms with Crippen LogP contribution in [0.25, 0.3) is 0 Å². The predicted octanol–water partition coefficient (Wildman–Crippen LogP) is 3.03. The molecule has 0 aromatic heterocycles. The Balaban J connectivity index is 1.31. The third-order valence-electron chi connectivity index (χ3n) is 6.63. The Hall–Kier alpha value is -1.66. The summed E-state index contributed by atoms with van der Waals surface area (Å²) in [6.07, 6.45) is 4.63. The molecular formula is C20H25ClFN3O2. The van der Waals surface area contributed by atoms with E-state index >= 15 is 0 Å². The first-order chi connectivity index (χ1) is 12.9. The Labute approximate surface area is 163 Å². The lowest BCUT2D eigenvalue weighted by atomic mass is 9.83. The number of benzene rings is 1. The zero-order valence-electron chi connectivity index (χ0n) is 15.2. The molecule has 1 saturated heterocycles. The van der Waals surface area contributed by atoms with Crippen LogP contribution < -0.4 is 11.1 Å². The molecule has 1 heterocycles. The topological polar surface area (TPSA) is 75.4 Å². The van der Waals surface area contributed by atoms with Gasteiger partial charge in [0, 0.05) is 30.7 Å². The monoisotopic (exact) mass is 393 g/mol. The number of hydrogen-bond acceptors (Lipinski definition) is 3. The lowest BCUT2D eigenvalue weighted by molar-refractivity contribution is -0.140. The van der Waals surface area contributed by atoms with Crippen molar-refractivity contribution in [2.45, 2.75) is 38.1 Å². The highest BCUT2D eigenvalue weighted by atomic mass is 35.5. The highest BCUT2D eigenvalue weighted by Crippen LogP contribution is 2.48. The number of fused-ring (bicyclic) bond motifs is 2. The van der Waals surface area contributed by atoms with Crippen molar-refractivity contribution < 1.29 is 14.0 Å². The summed E-state index contributed by atoms with van der Waals surface area (Å²) in [4.78, 5) is 27.3. The maximum atomic E-state index is 13.2. The predicted molar refractivity (Wildman–Crippen MR) is 102 cm³/mol. The summed E-state index contributed by atoms with van der Waals surface area (Å²) >= 11 is 5.76. The van der Waals surface area contributed by atoms with Gasteiger partial charge in [-0.3, -0.25) is 9.59 Å². The summed E-state index contributed by atoms with van der Waals surface area (Å²) < 4.78 is 13.2. The molecule has 5 nitrogen and oxygen atoms in total. The Kier molecular flexibility index (Phi) is 5.12. The number of piperidine rings is 1. The molecule has 7 heteroatoms. The number of rotatable bonds is 3. The molecule has 146 valence electrons. The smallest absolute Gasteiger partial charge is 0.227 e. The van der Waals surface area contributed by atoms with Crippen LogP contribution in [-0.4, -0.2) is 35.8 Å². The summed E-state index contributed by atoms with van der Waals surface area (Å²) in [6, 6.07) is 4.14. The fourth-order valence-electron chi connectivity index (χ4n) is 5.09. The first kappa shape index (κ1) is 18.7. The fraction of sp³-hybridized carbons (Fsp3) is 0.600. The number of amides is 2. The van der Waals surface area contributed by atoms with E-state index in [1.54, 1.807) is 0 Å². The second-order valence-corrected chi connectivity index (χ2v) is 8.56. The largest absolute Gasteiger partial charge is 0.342 e. The van der Waals surface area contributed by atoms with Crippen molar-refractivity contribution in [3.05, 3.63) is 29.0 Å². The number of halogens is 2. The van der Waals surface area contributed by atoms with Crippen molar-refractivity contribution in [1.29, 1.82) is 0 Å². The third-order valence-corrected chi connectivity index (χ3v) is 6.92. The van der Waals surface area contributed by atoms with Crippen LogP contribution in [-0.2, 0) is 9.59 Å². The van der Waals surface area contributed by atoms with E-state index in [4.69, 9.17) is 17.3 Å². The average molecular weight is 394 g/mol. The molecule has 2 amide bonds. The number of carbonyl (C=O) groups excluding carboxylic acids is 2. The number of nitrogens with two attached hydrogens (primary N) is 1. The van der Waals surface area contributed by atoms with Gasteiger partial charge >= 0.3 is 0 Å². The zero-order chi connectivity index (χ0) is 19.1. The van der Waals surface area contributed by atoms with Crippen molar-refractivity contribution in [2.24, 2.45) is 29.4 Å². The molecule has 1 aliphatic heterocycles. The maximum Gasteiger partial charge on any atom is 0.227 e. The van der Waals surface area contributed by atoms with Gasteiger partial charge in [-0.2, -0.15) is 0 Å². The molecule has 4 unspecified atom stereocenters. The number of nitrogens with zero attached hydrogens (tertiary/aromatic N) is 1. The van der Waals surface area contributed by atoms with Crippen LogP contribution in [0.4, 0.5) is 10.1 Å². The molecule has 1 aromatic rings. The van der Waals surface area contributed by atoms with Crippen LogP contribution >= 0.6 is 11.6 Å². The van der Waals surface area contributed by atoms with Gasteiger partial charge in [-0.15, -0.1) is 0 Å². The molecule has 27 heavy (non-hydrogen) atoms. The summed E-state index contributed by atoms with van der Waals surface area (Å²) in [7, 11) is 0. The van der Waals surface area contributed by atoms with E-state index in [0.717, 1.165) is 19.3 Å². The zero-order valence-corrected chi connectivity index (χ0v) is 15.9. The quantitative estimate of drug-likeness (QED) is 0.828. The SMILES string of the molecule is NC1C2CCC(C2)C1C(=O)N1CCC(C(=O)Nc2ccc(F)c(Cl)c2)CC1. The van der Waals surface area contributed by atoms with Gasteiger partial charge in [-0.1, -0.05) is 11.6 Å². The molecule has 3 N–H and O–H groups in total. The number of carbonyl (C=O) groups is 2. The number of nitrogens with one attached hydrogen (secondary N) is 1. The van der Waals surface area contributed by atoms with E-state index in [1.165, 1.54) is 18.2 Å². The molecule has 0 spiro atoms. The van der Waals surface area contributed by atoms with Crippen molar-refractivity contribution in [1.82, 2.24) is 4.90 Å². The molecule has 1 aromatic carbocycles. The lowest BCUT2D eigenvalue weighted by Gasteiger charge is -2.36. The second-order valence-electron chi connectivity index (χ2n) is 8.15. The second kappa shape index (κ2) is 7.40. The minimum Gasteiger partial charge on any atom is -0.342 e. The molecule has 4 rings (SSSR count). The van der Waals surface area contributed by atoms with E-state index in [-0.39, 0.29) is 34.7 Å². The first-order valence-corrected chi connectivity index (χ1v) is 10.1. The molecule has 4 atom stereocenters. The Bertz CT molecular complexity index is 749. The number of likely N-dealkylation sites (tertiary alicyclic amines) is 1. The third kappa shape index (κ3) is 3.57. The lowest BCUT2D eigenvalue weighted by Crippen LogP contribution is -2.50. The van der Waals surface area contributed by atoms with Gasteiger partial charge in [0.15, 0.2) is 0 Å². The van der Waals surface area contributed by atoms with E-state index in [0.29, 0.717) is 43.5 Å². The van der Waals surface area contributed by atoms with Gasteiger partial charge < -0.3 is 16.0 Å². The maximum absolute atomic E-state index is 13.2. The molecule has 3 aliphatic rings. The van der Waals surface area contributed by atoms with Crippen LogP contribution in [0, 0.1) is 29.5 Å². The average Bonchev–Trinajstić information content (AvgIpc) is 3.25. The molecule has 3 fully saturated rings. The van der Waals surface area contributed by atoms with E-state index in [1.807, 2.05) is 4.90 Å². The summed E-state index contributed by atoms with van der Waals surface area (Å²) in [5, 5.41) is 2.78. The van der Waals surface area contributed by atoms with E-state index in [9.17, 15) is 14.0 Å². The summed E-state index contributed by atoms with van der Waals surface area (Å²) in [6.45, 7) is 1.17. The standard InChI is InChI=1S/C20H25ClFN3O2/c21-15-10-14(3-4-16(15)22)24-19(26)11-5-7-25(8-6-11)20(27)17-12-1-2-13(9-12)18(17)23/h3-4,10-13,17-18H,1-2,5-9,23H2,(H,24,26). The normalized spacial score (nSPS) is 30.6. The van der Waals surface area contributed by atoms with E-state index in [2.05, 4.69) is 5.32 Å². The molecule has 0 radical (unpaired) electrons. The Morgan fingerprint density at radius 1 is 1.15 bits per heavy atom. The van der Waals surface area contributed by atoms with Crippen molar-refractivity contribution in [3.63, 3.8) is 0 Å². The molecule has 2 aliphatic carbocycles. The van der Waals surface area contributed by atoms with Crippen molar-refractivity contribution in [2.75, 3.05) is 18.4 Å². The van der Waals surface area contributed by atoms with Crippen molar-refractivity contribution >= 4 is 29.1 Å². The van der Waals surface area contributed by atoms with Crippen molar-refractivity contribution in [3.8, 4) is 0 Å². The van der Waals surface area contributed by atoms with Gasteiger partial charge in [0.05, 0.1) is 10.9 Å². The highest BCUT2D eigenvalue weighted by molar-refractivity contribution is 6.31. The summed E-state index contributed by atoms with van der Waals surface area (Å²) in [5.74, 6) is 0.319. The Morgan fingerprint density at radius 3 is 2.48 bits per heavy atom. The number of anilines is 1. The van der Waals surface area contributed by atoms with Crippen LogP contribution in [0.5, 0.6) is 0 Å². The van der Waals surface area contributed by atoms with Gasteiger partial charge in [-0.05, 0) is 62.1 Å². The molecule has 2 bridgehead atoms. The van der Waals surface area contributed by atoms with Gasteiger partial charge in [-0.25, -0.2) is 4.39 Å². The van der Waals surface area contributed by atoms with E-state index < -0.39 is 5.82 Å². The van der Waals surface area contributed by atoms with Gasteiger partial charge in [0.1, 0.15) is 5.82 Å². The summed E-state index contributed by atoms with van der Waals surface area (Å²) in [5.41, 5.74) is 6.79. The first-order valence-electron chi connectivity index (χ1n) is 9.74. The minimum absolute atomic E-state index is 0.000460. The van der Waals surface area contributed by atoms with Crippen LogP contribution in [0.3, 0.4) is 0 Å². The molecular weight excluding hydrogens is 369 g/mol. The Morgan fingerprint density at radius 2 is 1.85 bits per heavy atom. The van der Waals surface area contributed by atoms with Crippen LogP contribution in [0.1, 0.15) is 32.1 Å². The number of hydrogen-bond donors (Lipinski definition) is 2. The fourth-order valence-corrected chi connectivity index (χ4v) is 5.27. The highest BCUT2D eigenvalue weighted by Gasteiger charge is 2.50. The van der Waals surface area contributed by atoms with Crippen LogP contribution in [0.15, 0.2) is 18.2 Å². The van der Waals surface area contributed by atoms with Crippen LogP contribution in [0.2, 0.25) is 5.02 Å². The molecule has 2 saturated carbocycles. The van der Waals surface area contributed by atoms with Gasteiger partial charge in [0.25, 0.3) is 0 Å². The minimum atomic E-state index is -0.514. The van der Waals surface area contributed by atoms with Gasteiger partial charge in [0.2, 0.25) is 11.8 Å².